The normalized spacial score (nSPS) is 31.8. The fourth-order valence-electron chi connectivity index (χ4n) is 2.62. The Morgan fingerprint density at radius 2 is 2.27 bits per heavy atom. The van der Waals surface area contributed by atoms with Crippen LogP contribution in [0, 0.1) is 0 Å². The number of nitrogens with zero attached hydrogens (tertiary/aromatic N) is 1. The molecule has 1 aliphatic carbocycles. The van der Waals surface area contributed by atoms with Gasteiger partial charge in [-0.05, 0) is 19.3 Å². The van der Waals surface area contributed by atoms with Crippen LogP contribution in [-0.2, 0) is 9.47 Å². The van der Waals surface area contributed by atoms with E-state index in [9.17, 15) is 0 Å². The highest BCUT2D eigenvalue weighted by molar-refractivity contribution is 6.17. The minimum Gasteiger partial charge on any atom is -0.379 e. The molecule has 0 amide bonds. The Morgan fingerprint density at radius 3 is 3.13 bits per heavy atom. The van der Waals surface area contributed by atoms with E-state index in [0.717, 1.165) is 26.3 Å². The number of hydrogen-bond donors (Lipinski definition) is 0. The van der Waals surface area contributed by atoms with E-state index in [0.29, 0.717) is 24.6 Å². The second-order valence-electron chi connectivity index (χ2n) is 4.24. The summed E-state index contributed by atoms with van der Waals surface area (Å²) >= 11 is 5.55. The van der Waals surface area contributed by atoms with Gasteiger partial charge in [0.05, 0.1) is 25.9 Å². The van der Waals surface area contributed by atoms with Crippen LogP contribution >= 0.6 is 11.6 Å². The average molecular weight is 234 g/mol. The molecule has 0 spiro atoms. The third-order valence-electron chi connectivity index (χ3n) is 3.34. The Balaban J connectivity index is 1.71. The molecule has 2 unspecified atom stereocenters. The van der Waals surface area contributed by atoms with Gasteiger partial charge in [-0.3, -0.25) is 4.90 Å². The first-order chi connectivity index (χ1) is 7.42. The highest BCUT2D eigenvalue weighted by Crippen LogP contribution is 2.29. The van der Waals surface area contributed by atoms with Crippen LogP contribution in [0.2, 0.25) is 0 Å². The second-order valence-corrected chi connectivity index (χ2v) is 4.62. The molecule has 0 aromatic heterocycles. The molecule has 1 aliphatic heterocycles. The first-order valence-corrected chi connectivity index (χ1v) is 6.44. The van der Waals surface area contributed by atoms with Gasteiger partial charge >= 0.3 is 0 Å². The molecule has 2 fully saturated rings. The van der Waals surface area contributed by atoms with Gasteiger partial charge in [-0.2, -0.15) is 0 Å². The molecular formula is C11H20ClNO2. The number of rotatable bonds is 5. The van der Waals surface area contributed by atoms with E-state index >= 15 is 0 Å². The molecular weight excluding hydrogens is 214 g/mol. The van der Waals surface area contributed by atoms with Crippen LogP contribution < -0.4 is 0 Å². The zero-order valence-corrected chi connectivity index (χ0v) is 9.92. The lowest BCUT2D eigenvalue weighted by Crippen LogP contribution is -2.49. The van der Waals surface area contributed by atoms with Gasteiger partial charge in [0.15, 0.2) is 0 Å². The molecule has 2 rings (SSSR count). The molecule has 1 saturated carbocycles. The molecule has 1 heterocycles. The first-order valence-electron chi connectivity index (χ1n) is 5.91. The van der Waals surface area contributed by atoms with E-state index in [2.05, 4.69) is 4.90 Å². The number of alkyl halides is 1. The fourth-order valence-corrected chi connectivity index (χ4v) is 2.73. The summed E-state index contributed by atoms with van der Waals surface area (Å²) in [6, 6.07) is 0.651. The molecule has 2 atom stereocenters. The van der Waals surface area contributed by atoms with Crippen molar-refractivity contribution in [3.63, 3.8) is 0 Å². The summed E-state index contributed by atoms with van der Waals surface area (Å²) in [6.45, 7) is 4.44. The van der Waals surface area contributed by atoms with Gasteiger partial charge in [0.1, 0.15) is 0 Å². The van der Waals surface area contributed by atoms with Crippen molar-refractivity contribution in [3.05, 3.63) is 0 Å². The molecule has 2 aliphatic rings. The van der Waals surface area contributed by atoms with Crippen molar-refractivity contribution in [2.24, 2.45) is 0 Å². The zero-order chi connectivity index (χ0) is 10.5. The molecule has 0 bridgehead atoms. The number of ether oxygens (including phenoxy) is 2. The third-order valence-corrected chi connectivity index (χ3v) is 3.50. The summed E-state index contributed by atoms with van der Waals surface area (Å²) < 4.78 is 11.2. The topological polar surface area (TPSA) is 21.7 Å². The molecule has 0 radical (unpaired) electrons. The lowest BCUT2D eigenvalue weighted by molar-refractivity contribution is -0.0621. The average Bonchev–Trinajstić information content (AvgIpc) is 2.73. The van der Waals surface area contributed by atoms with Crippen LogP contribution in [0.15, 0.2) is 0 Å². The molecule has 15 heavy (non-hydrogen) atoms. The summed E-state index contributed by atoms with van der Waals surface area (Å²) in [5.41, 5.74) is 0. The third kappa shape index (κ3) is 3.06. The van der Waals surface area contributed by atoms with E-state index in [1.165, 1.54) is 19.3 Å². The molecule has 1 saturated heterocycles. The van der Waals surface area contributed by atoms with Gasteiger partial charge in [0.2, 0.25) is 0 Å². The molecule has 4 heteroatoms. The largest absolute Gasteiger partial charge is 0.379 e. The quantitative estimate of drug-likeness (QED) is 0.531. The van der Waals surface area contributed by atoms with E-state index in [1.54, 1.807) is 0 Å². The zero-order valence-electron chi connectivity index (χ0n) is 9.16. The van der Waals surface area contributed by atoms with Crippen molar-refractivity contribution in [1.29, 1.82) is 0 Å². The molecule has 0 aromatic rings. The van der Waals surface area contributed by atoms with Crippen LogP contribution in [-0.4, -0.2) is 55.8 Å². The standard InChI is InChI=1S/C11H20ClNO2/c12-4-7-14-8-5-13-6-9-15-11-3-1-2-10(11)13/h10-11H,1-9H2. The van der Waals surface area contributed by atoms with E-state index in [4.69, 9.17) is 21.1 Å². The Bertz CT molecular complexity index is 191. The maximum Gasteiger partial charge on any atom is 0.0730 e. The number of morpholine rings is 1. The summed E-state index contributed by atoms with van der Waals surface area (Å²) in [5, 5.41) is 0. The summed E-state index contributed by atoms with van der Waals surface area (Å²) in [6.07, 6.45) is 4.34. The smallest absolute Gasteiger partial charge is 0.0730 e. The Morgan fingerprint density at radius 1 is 1.33 bits per heavy atom. The monoisotopic (exact) mass is 233 g/mol. The van der Waals surface area contributed by atoms with E-state index < -0.39 is 0 Å². The molecule has 88 valence electrons. The van der Waals surface area contributed by atoms with E-state index in [-0.39, 0.29) is 0 Å². The van der Waals surface area contributed by atoms with Gasteiger partial charge in [0.25, 0.3) is 0 Å². The summed E-state index contributed by atoms with van der Waals surface area (Å²) in [4.78, 5) is 2.52. The van der Waals surface area contributed by atoms with Gasteiger partial charge in [-0.25, -0.2) is 0 Å². The van der Waals surface area contributed by atoms with Crippen molar-refractivity contribution < 1.29 is 9.47 Å². The van der Waals surface area contributed by atoms with Crippen molar-refractivity contribution in [3.8, 4) is 0 Å². The Kier molecular flexibility index (Phi) is 4.69. The van der Waals surface area contributed by atoms with Crippen molar-refractivity contribution >= 4 is 11.6 Å². The number of hydrogen-bond acceptors (Lipinski definition) is 3. The highest BCUT2D eigenvalue weighted by Gasteiger charge is 2.35. The SMILES string of the molecule is ClCCOCCN1CCOC2CCCC21. The number of halogens is 1. The Labute approximate surface area is 96.7 Å². The van der Waals surface area contributed by atoms with Gasteiger partial charge in [-0.1, -0.05) is 0 Å². The van der Waals surface area contributed by atoms with E-state index in [1.807, 2.05) is 0 Å². The van der Waals surface area contributed by atoms with Gasteiger partial charge in [-0.15, -0.1) is 11.6 Å². The van der Waals surface area contributed by atoms with Crippen LogP contribution in [0.5, 0.6) is 0 Å². The molecule has 3 nitrogen and oxygen atoms in total. The predicted molar refractivity (Wildman–Crippen MR) is 60.5 cm³/mol. The second kappa shape index (κ2) is 6.04. The maximum absolute atomic E-state index is 5.76. The van der Waals surface area contributed by atoms with Crippen molar-refractivity contribution in [2.75, 3.05) is 38.8 Å². The maximum atomic E-state index is 5.76. The minimum absolute atomic E-state index is 0.492. The van der Waals surface area contributed by atoms with Gasteiger partial charge in [0, 0.05) is 25.0 Å². The number of fused-ring (bicyclic) bond motifs is 1. The minimum atomic E-state index is 0.492. The van der Waals surface area contributed by atoms with Crippen LogP contribution in [0.4, 0.5) is 0 Å². The molecule has 0 N–H and O–H groups in total. The Hall–Kier alpha value is 0.170. The lowest BCUT2D eigenvalue weighted by Gasteiger charge is -2.37. The fraction of sp³-hybridized carbons (Fsp3) is 1.00. The predicted octanol–water partition coefficient (Wildman–Crippen LogP) is 1.50. The van der Waals surface area contributed by atoms with Gasteiger partial charge < -0.3 is 9.47 Å². The first kappa shape index (κ1) is 11.6. The summed E-state index contributed by atoms with van der Waals surface area (Å²) in [5.74, 6) is 0.592. The highest BCUT2D eigenvalue weighted by atomic mass is 35.5. The summed E-state index contributed by atoms with van der Waals surface area (Å²) in [7, 11) is 0. The van der Waals surface area contributed by atoms with Crippen molar-refractivity contribution in [2.45, 2.75) is 31.4 Å². The van der Waals surface area contributed by atoms with Crippen molar-refractivity contribution in [1.82, 2.24) is 4.90 Å². The molecule has 0 aromatic carbocycles. The van der Waals surface area contributed by atoms with Crippen LogP contribution in [0.25, 0.3) is 0 Å². The van der Waals surface area contributed by atoms with Crippen LogP contribution in [0.3, 0.4) is 0 Å². The lowest BCUT2D eigenvalue weighted by atomic mass is 10.1. The van der Waals surface area contributed by atoms with Crippen LogP contribution in [0.1, 0.15) is 19.3 Å².